The van der Waals surface area contributed by atoms with Crippen molar-refractivity contribution in [2.45, 2.75) is 25.7 Å². The summed E-state index contributed by atoms with van der Waals surface area (Å²) in [6.45, 7) is 1.99. The van der Waals surface area contributed by atoms with Crippen LogP contribution < -0.4 is 0 Å². The normalized spacial score (nSPS) is 11.3. The number of carbonyl (C=O) groups excluding carboxylic acids is 1. The first-order valence-corrected chi connectivity index (χ1v) is 4.13. The van der Waals surface area contributed by atoms with Gasteiger partial charge in [-0.3, -0.25) is 4.79 Å². The fraction of sp³-hybridized carbons (Fsp3) is 0.875. The molecule has 78 valence electrons. The minimum Gasteiger partial charge on any atom is -0.465 e. The molecule has 3 nitrogen and oxygen atoms in total. The second-order valence-electron chi connectivity index (χ2n) is 2.54. The van der Waals surface area contributed by atoms with Crippen LogP contribution in [0, 0.1) is 0 Å². The molecule has 0 aromatic carbocycles. The molecule has 0 aromatic heterocycles. The molecule has 0 heterocycles. The van der Waals surface area contributed by atoms with Crippen molar-refractivity contribution in [3.8, 4) is 0 Å². The van der Waals surface area contributed by atoms with Crippen molar-refractivity contribution in [1.82, 2.24) is 0 Å². The van der Waals surface area contributed by atoms with Crippen LogP contribution >= 0.6 is 0 Å². The minimum absolute atomic E-state index is 0.0109. The minimum atomic E-state index is -2.65. The third-order valence-electron chi connectivity index (χ3n) is 1.54. The van der Waals surface area contributed by atoms with Gasteiger partial charge in [-0.25, -0.2) is 8.78 Å². The zero-order chi connectivity index (χ0) is 10.2. The third kappa shape index (κ3) is 7.64. The summed E-state index contributed by atoms with van der Waals surface area (Å²) in [4.78, 5) is 9.65. The van der Waals surface area contributed by atoms with Gasteiger partial charge < -0.3 is 9.47 Å². The maximum atomic E-state index is 12.6. The highest BCUT2D eigenvalue weighted by molar-refractivity contribution is 5.36. The van der Waals surface area contributed by atoms with E-state index in [1.54, 1.807) is 0 Å². The molecule has 0 rings (SSSR count). The molecule has 0 radical (unpaired) electrons. The molecular formula is C8H14F2O3. The summed E-state index contributed by atoms with van der Waals surface area (Å²) >= 11 is 0. The van der Waals surface area contributed by atoms with Crippen molar-refractivity contribution in [3.63, 3.8) is 0 Å². The largest absolute Gasteiger partial charge is 0.465 e. The topological polar surface area (TPSA) is 35.5 Å². The molecule has 0 amide bonds. The highest BCUT2D eigenvalue weighted by Crippen LogP contribution is 2.21. The lowest BCUT2D eigenvalue weighted by molar-refractivity contribution is -0.130. The van der Waals surface area contributed by atoms with E-state index in [0.717, 1.165) is 0 Å². The van der Waals surface area contributed by atoms with Crippen molar-refractivity contribution in [2.75, 3.05) is 19.8 Å². The number of carbonyl (C=O) groups is 1. The lowest BCUT2D eigenvalue weighted by Gasteiger charge is -2.13. The van der Waals surface area contributed by atoms with Crippen LogP contribution in [0.5, 0.6) is 0 Å². The number of hydrogen-bond donors (Lipinski definition) is 0. The van der Waals surface area contributed by atoms with E-state index in [1.807, 2.05) is 0 Å². The van der Waals surface area contributed by atoms with Gasteiger partial charge in [-0.05, 0) is 0 Å². The Balaban J connectivity index is 3.20. The van der Waals surface area contributed by atoms with Gasteiger partial charge in [0.15, 0.2) is 0 Å². The summed E-state index contributed by atoms with van der Waals surface area (Å²) in [5.74, 6) is -2.65. The van der Waals surface area contributed by atoms with Crippen molar-refractivity contribution in [2.24, 2.45) is 0 Å². The summed E-state index contributed by atoms with van der Waals surface area (Å²) in [6, 6.07) is 0. The zero-order valence-corrected chi connectivity index (χ0v) is 7.59. The van der Waals surface area contributed by atoms with Crippen molar-refractivity contribution in [1.29, 1.82) is 0 Å². The summed E-state index contributed by atoms with van der Waals surface area (Å²) in [5, 5.41) is 0. The van der Waals surface area contributed by atoms with Crippen LogP contribution in [0.4, 0.5) is 8.78 Å². The van der Waals surface area contributed by atoms with E-state index in [1.165, 1.54) is 6.92 Å². The molecule has 0 fully saturated rings. The Labute approximate surface area is 76.0 Å². The fourth-order valence-electron chi connectivity index (χ4n) is 0.655. The molecule has 5 heteroatoms. The molecule has 0 atom stereocenters. The van der Waals surface area contributed by atoms with Crippen LogP contribution in [-0.4, -0.2) is 32.2 Å². The molecule has 0 saturated heterocycles. The fourth-order valence-corrected chi connectivity index (χ4v) is 0.655. The Bertz CT molecular complexity index is 139. The highest BCUT2D eigenvalue weighted by Gasteiger charge is 2.25. The van der Waals surface area contributed by atoms with Gasteiger partial charge in [0, 0.05) is 12.8 Å². The van der Waals surface area contributed by atoms with Gasteiger partial charge in [0.2, 0.25) is 5.92 Å². The molecule has 0 aliphatic heterocycles. The van der Waals surface area contributed by atoms with E-state index in [4.69, 9.17) is 4.74 Å². The average molecular weight is 196 g/mol. The molecule has 13 heavy (non-hydrogen) atoms. The summed E-state index contributed by atoms with van der Waals surface area (Å²) in [5.41, 5.74) is 0. The van der Waals surface area contributed by atoms with Gasteiger partial charge in [-0.15, -0.1) is 0 Å². The third-order valence-corrected chi connectivity index (χ3v) is 1.54. The summed E-state index contributed by atoms with van der Waals surface area (Å²) < 4.78 is 34.2. The molecule has 0 bridgehead atoms. The molecule has 0 aromatic rings. The predicted octanol–water partition coefficient (Wildman–Crippen LogP) is 1.61. The van der Waals surface area contributed by atoms with E-state index in [0.29, 0.717) is 6.47 Å². The van der Waals surface area contributed by atoms with Gasteiger partial charge in [-0.2, -0.15) is 0 Å². The second kappa shape index (κ2) is 6.77. The Hall–Kier alpha value is -0.710. The van der Waals surface area contributed by atoms with E-state index in [9.17, 15) is 13.6 Å². The lowest BCUT2D eigenvalue weighted by atomic mass is 10.2. The summed E-state index contributed by atoms with van der Waals surface area (Å²) in [6.07, 6.45) is -0.466. The van der Waals surface area contributed by atoms with E-state index < -0.39 is 5.92 Å². The van der Waals surface area contributed by atoms with Crippen LogP contribution in [0.3, 0.4) is 0 Å². The van der Waals surface area contributed by atoms with Crippen molar-refractivity contribution < 1.29 is 23.0 Å². The standard InChI is InChI=1S/C8H14F2O3/c1-2-8(9,10)3-4-12-5-6-13-7-11/h7H,2-6H2,1H3. The van der Waals surface area contributed by atoms with Crippen LogP contribution in [0.2, 0.25) is 0 Å². The van der Waals surface area contributed by atoms with Gasteiger partial charge in [0.05, 0.1) is 13.2 Å². The van der Waals surface area contributed by atoms with Crippen LogP contribution in [0.25, 0.3) is 0 Å². The van der Waals surface area contributed by atoms with Crippen molar-refractivity contribution >= 4 is 6.47 Å². The Morgan fingerprint density at radius 1 is 1.31 bits per heavy atom. The number of alkyl halides is 2. The van der Waals surface area contributed by atoms with Crippen LogP contribution in [-0.2, 0) is 14.3 Å². The van der Waals surface area contributed by atoms with E-state index in [-0.39, 0.29) is 32.7 Å². The molecular weight excluding hydrogens is 182 g/mol. The van der Waals surface area contributed by atoms with Gasteiger partial charge in [-0.1, -0.05) is 6.92 Å². The quantitative estimate of drug-likeness (QED) is 0.437. The monoisotopic (exact) mass is 196 g/mol. The molecule has 0 aliphatic rings. The first-order valence-electron chi connectivity index (χ1n) is 4.13. The highest BCUT2D eigenvalue weighted by atomic mass is 19.3. The molecule has 0 spiro atoms. The average Bonchev–Trinajstić information content (AvgIpc) is 2.11. The van der Waals surface area contributed by atoms with Crippen molar-refractivity contribution in [3.05, 3.63) is 0 Å². The number of ether oxygens (including phenoxy) is 2. The first kappa shape index (κ1) is 12.3. The predicted molar refractivity (Wildman–Crippen MR) is 42.7 cm³/mol. The summed E-state index contributed by atoms with van der Waals surface area (Å²) in [7, 11) is 0. The zero-order valence-electron chi connectivity index (χ0n) is 7.59. The van der Waals surface area contributed by atoms with Gasteiger partial charge in [0.1, 0.15) is 6.61 Å². The Kier molecular flexibility index (Phi) is 6.40. The Morgan fingerprint density at radius 3 is 2.54 bits per heavy atom. The molecule has 0 aliphatic carbocycles. The number of halogens is 2. The molecule has 0 saturated carbocycles. The van der Waals surface area contributed by atoms with Gasteiger partial charge in [0.25, 0.3) is 6.47 Å². The van der Waals surface area contributed by atoms with E-state index >= 15 is 0 Å². The maximum Gasteiger partial charge on any atom is 0.293 e. The van der Waals surface area contributed by atoms with Crippen LogP contribution in [0.1, 0.15) is 19.8 Å². The number of rotatable bonds is 8. The smallest absolute Gasteiger partial charge is 0.293 e. The van der Waals surface area contributed by atoms with Gasteiger partial charge >= 0.3 is 0 Å². The van der Waals surface area contributed by atoms with E-state index in [2.05, 4.69) is 4.74 Å². The lowest BCUT2D eigenvalue weighted by Crippen LogP contribution is -2.18. The first-order chi connectivity index (χ1) is 6.12. The molecule has 0 unspecified atom stereocenters. The number of hydrogen-bond acceptors (Lipinski definition) is 3. The SMILES string of the molecule is CCC(F)(F)CCOCCOC=O. The Morgan fingerprint density at radius 2 is 2.00 bits per heavy atom. The molecule has 0 N–H and O–H groups in total. The maximum absolute atomic E-state index is 12.6. The second-order valence-corrected chi connectivity index (χ2v) is 2.54. The van der Waals surface area contributed by atoms with Crippen LogP contribution in [0.15, 0.2) is 0 Å².